The van der Waals surface area contributed by atoms with Crippen molar-refractivity contribution in [3.63, 3.8) is 0 Å². The Morgan fingerprint density at radius 1 is 1.08 bits per heavy atom. The van der Waals surface area contributed by atoms with Gasteiger partial charge in [0.15, 0.2) is 0 Å². The molecule has 6 heteroatoms. The minimum Gasteiger partial charge on any atom is -0.492 e. The van der Waals surface area contributed by atoms with Gasteiger partial charge in [0.1, 0.15) is 22.7 Å². The van der Waals surface area contributed by atoms with Crippen LogP contribution in [-0.2, 0) is 0 Å². The van der Waals surface area contributed by atoms with Crippen molar-refractivity contribution in [2.24, 2.45) is 0 Å². The van der Waals surface area contributed by atoms with Crippen LogP contribution in [0.4, 0.5) is 11.5 Å². The molecule has 0 radical (unpaired) electrons. The molecule has 0 amide bonds. The van der Waals surface area contributed by atoms with Crippen molar-refractivity contribution < 1.29 is 4.74 Å². The summed E-state index contributed by atoms with van der Waals surface area (Å²) in [6.45, 7) is 2.59. The minimum absolute atomic E-state index is 0.612. The highest BCUT2D eigenvalue weighted by Crippen LogP contribution is 2.38. The Labute approximate surface area is 164 Å². The van der Waals surface area contributed by atoms with E-state index in [-0.39, 0.29) is 0 Å². The molecule has 0 atom stereocenters. The quantitative estimate of drug-likeness (QED) is 0.409. The zero-order chi connectivity index (χ0) is 17.9. The molecule has 1 N–H and O–H groups in total. The van der Waals surface area contributed by atoms with E-state index in [1.165, 1.54) is 0 Å². The number of benzene rings is 2. The summed E-state index contributed by atoms with van der Waals surface area (Å²) in [5, 5.41) is 6.58. The third-order valence-corrected chi connectivity index (χ3v) is 5.38. The van der Waals surface area contributed by atoms with Crippen LogP contribution in [0.25, 0.3) is 21.3 Å². The lowest BCUT2D eigenvalue weighted by Gasteiger charge is -2.13. The Hall–Kier alpha value is -2.44. The van der Waals surface area contributed by atoms with Gasteiger partial charge in [0.05, 0.1) is 17.7 Å². The number of aromatic nitrogens is 2. The predicted octanol–water partition coefficient (Wildman–Crippen LogP) is 6.26. The summed E-state index contributed by atoms with van der Waals surface area (Å²) in [5.74, 6) is 1.59. The number of thiophene rings is 1. The summed E-state index contributed by atoms with van der Waals surface area (Å²) in [7, 11) is 0. The van der Waals surface area contributed by atoms with E-state index in [0.717, 1.165) is 43.1 Å². The van der Waals surface area contributed by atoms with Crippen molar-refractivity contribution in [3.8, 4) is 16.9 Å². The maximum absolute atomic E-state index is 5.72. The van der Waals surface area contributed by atoms with Crippen molar-refractivity contribution in [1.29, 1.82) is 0 Å². The monoisotopic (exact) mass is 425 g/mol. The van der Waals surface area contributed by atoms with Gasteiger partial charge >= 0.3 is 0 Å². The largest absolute Gasteiger partial charge is 0.492 e. The van der Waals surface area contributed by atoms with Crippen LogP contribution in [0.2, 0.25) is 0 Å². The molecule has 0 aliphatic rings. The number of halogens is 1. The first-order valence-corrected chi connectivity index (χ1v) is 9.90. The second-order valence-corrected chi connectivity index (χ2v) is 7.39. The number of hydrogen-bond acceptors (Lipinski definition) is 5. The standard InChI is InChI=1S/C20H16BrN3OS/c1-2-25-17-6-4-3-5-16(17)24-19-18-15(11-26-20(18)23-12-22-19)13-7-9-14(21)10-8-13/h3-12H,2H2,1H3,(H,22,23,24). The molecule has 4 nitrogen and oxygen atoms in total. The summed E-state index contributed by atoms with van der Waals surface area (Å²) in [5.41, 5.74) is 3.15. The Bertz CT molecular complexity index is 1050. The van der Waals surface area contributed by atoms with Gasteiger partial charge in [-0.1, -0.05) is 40.2 Å². The maximum atomic E-state index is 5.72. The molecule has 4 rings (SSSR count). The van der Waals surface area contributed by atoms with Crippen LogP contribution in [0.15, 0.2) is 64.7 Å². The lowest BCUT2D eigenvalue weighted by molar-refractivity contribution is 0.342. The Morgan fingerprint density at radius 3 is 2.69 bits per heavy atom. The lowest BCUT2D eigenvalue weighted by Crippen LogP contribution is -1.99. The summed E-state index contributed by atoms with van der Waals surface area (Å²) < 4.78 is 6.78. The predicted molar refractivity (Wildman–Crippen MR) is 111 cm³/mol. The zero-order valence-electron chi connectivity index (χ0n) is 14.1. The van der Waals surface area contributed by atoms with E-state index in [1.54, 1.807) is 17.7 Å². The number of nitrogens with one attached hydrogen (secondary N) is 1. The van der Waals surface area contributed by atoms with Crippen LogP contribution in [0.3, 0.4) is 0 Å². The van der Waals surface area contributed by atoms with E-state index in [2.05, 4.69) is 48.7 Å². The molecule has 2 aromatic heterocycles. The number of para-hydroxylation sites is 2. The minimum atomic E-state index is 0.612. The average molecular weight is 426 g/mol. The molecule has 0 aliphatic heterocycles. The lowest BCUT2D eigenvalue weighted by atomic mass is 10.1. The van der Waals surface area contributed by atoms with Gasteiger partial charge in [-0.15, -0.1) is 11.3 Å². The van der Waals surface area contributed by atoms with E-state index in [0.29, 0.717) is 6.61 Å². The van der Waals surface area contributed by atoms with Gasteiger partial charge in [-0.3, -0.25) is 0 Å². The molecular weight excluding hydrogens is 410 g/mol. The summed E-state index contributed by atoms with van der Waals surface area (Å²) >= 11 is 5.11. The highest BCUT2D eigenvalue weighted by molar-refractivity contribution is 9.10. The number of fused-ring (bicyclic) bond motifs is 1. The highest BCUT2D eigenvalue weighted by atomic mass is 79.9. The molecule has 0 aliphatic carbocycles. The third kappa shape index (κ3) is 3.30. The molecule has 0 fully saturated rings. The maximum Gasteiger partial charge on any atom is 0.143 e. The Kier molecular flexibility index (Phi) is 4.86. The average Bonchev–Trinajstić information content (AvgIpc) is 3.09. The van der Waals surface area contributed by atoms with E-state index in [1.807, 2.05) is 43.3 Å². The molecule has 2 heterocycles. The molecular formula is C20H16BrN3OS. The number of ether oxygens (including phenoxy) is 1. The van der Waals surface area contributed by atoms with Crippen molar-refractivity contribution >= 4 is 49.0 Å². The fraction of sp³-hybridized carbons (Fsp3) is 0.100. The smallest absolute Gasteiger partial charge is 0.143 e. The van der Waals surface area contributed by atoms with Crippen LogP contribution < -0.4 is 10.1 Å². The first-order chi connectivity index (χ1) is 12.8. The molecule has 0 saturated carbocycles. The Balaban J connectivity index is 1.81. The normalized spacial score (nSPS) is 10.8. The number of anilines is 2. The molecule has 0 bridgehead atoms. The fourth-order valence-corrected chi connectivity index (χ4v) is 3.97. The summed E-state index contributed by atoms with van der Waals surface area (Å²) in [6, 6.07) is 16.2. The molecule has 130 valence electrons. The van der Waals surface area contributed by atoms with Gasteiger partial charge in [-0.25, -0.2) is 9.97 Å². The number of hydrogen-bond donors (Lipinski definition) is 1. The van der Waals surface area contributed by atoms with E-state index in [4.69, 9.17) is 4.74 Å². The molecule has 0 spiro atoms. The first-order valence-electron chi connectivity index (χ1n) is 8.23. The highest BCUT2D eigenvalue weighted by Gasteiger charge is 2.14. The van der Waals surface area contributed by atoms with E-state index >= 15 is 0 Å². The molecule has 0 saturated heterocycles. The van der Waals surface area contributed by atoms with Crippen LogP contribution >= 0.6 is 27.3 Å². The fourth-order valence-electron chi connectivity index (χ4n) is 2.79. The van der Waals surface area contributed by atoms with Crippen LogP contribution in [0.1, 0.15) is 6.92 Å². The van der Waals surface area contributed by atoms with E-state index < -0.39 is 0 Å². The molecule has 4 aromatic rings. The van der Waals surface area contributed by atoms with E-state index in [9.17, 15) is 0 Å². The second-order valence-electron chi connectivity index (χ2n) is 5.61. The number of nitrogens with zero attached hydrogens (tertiary/aromatic N) is 2. The van der Waals surface area contributed by atoms with Crippen molar-refractivity contribution in [1.82, 2.24) is 9.97 Å². The topological polar surface area (TPSA) is 47.0 Å². The van der Waals surface area contributed by atoms with Gasteiger partial charge in [0.25, 0.3) is 0 Å². The van der Waals surface area contributed by atoms with Crippen molar-refractivity contribution in [3.05, 3.63) is 64.7 Å². The zero-order valence-corrected chi connectivity index (χ0v) is 16.5. The van der Waals surface area contributed by atoms with Crippen LogP contribution in [0.5, 0.6) is 5.75 Å². The SMILES string of the molecule is CCOc1ccccc1Nc1ncnc2scc(-c3ccc(Br)cc3)c12. The third-order valence-electron chi connectivity index (χ3n) is 3.97. The van der Waals surface area contributed by atoms with Gasteiger partial charge in [-0.2, -0.15) is 0 Å². The van der Waals surface area contributed by atoms with Crippen LogP contribution in [0, 0.1) is 0 Å². The molecule has 26 heavy (non-hydrogen) atoms. The molecule has 0 unspecified atom stereocenters. The van der Waals surface area contributed by atoms with Gasteiger partial charge in [0, 0.05) is 15.4 Å². The van der Waals surface area contributed by atoms with Gasteiger partial charge in [0.2, 0.25) is 0 Å². The van der Waals surface area contributed by atoms with Crippen molar-refractivity contribution in [2.75, 3.05) is 11.9 Å². The second kappa shape index (κ2) is 7.43. The summed E-state index contributed by atoms with van der Waals surface area (Å²) in [6.07, 6.45) is 1.59. The molecule has 2 aromatic carbocycles. The van der Waals surface area contributed by atoms with Crippen molar-refractivity contribution in [2.45, 2.75) is 6.92 Å². The Morgan fingerprint density at radius 2 is 1.88 bits per heavy atom. The van der Waals surface area contributed by atoms with Crippen LogP contribution in [-0.4, -0.2) is 16.6 Å². The number of rotatable bonds is 5. The van der Waals surface area contributed by atoms with Gasteiger partial charge in [-0.05, 0) is 36.8 Å². The summed E-state index contributed by atoms with van der Waals surface area (Å²) in [4.78, 5) is 9.88. The van der Waals surface area contributed by atoms with Gasteiger partial charge < -0.3 is 10.1 Å². The first kappa shape index (κ1) is 17.0.